The maximum Gasteiger partial charge on any atom is 0.269 e. The first kappa shape index (κ1) is 15.8. The van der Waals surface area contributed by atoms with Crippen molar-refractivity contribution in [3.05, 3.63) is 24.0 Å². The van der Waals surface area contributed by atoms with Crippen molar-refractivity contribution in [2.24, 2.45) is 5.92 Å². The fraction of sp³-hybridized carbons (Fsp3) is 0.625. The highest BCUT2D eigenvalue weighted by Gasteiger charge is 2.24. The smallest absolute Gasteiger partial charge is 0.269 e. The van der Waals surface area contributed by atoms with Gasteiger partial charge in [0.2, 0.25) is 0 Å². The lowest BCUT2D eigenvalue weighted by Crippen LogP contribution is -2.44. The number of rotatable bonds is 5. The van der Waals surface area contributed by atoms with Crippen LogP contribution in [0.1, 0.15) is 37.2 Å². The Hall–Kier alpha value is -1.62. The number of piperidine rings is 1. The van der Waals surface area contributed by atoms with Gasteiger partial charge >= 0.3 is 0 Å². The summed E-state index contributed by atoms with van der Waals surface area (Å²) in [4.78, 5) is 18.2. The van der Waals surface area contributed by atoms with Crippen LogP contribution in [0.25, 0.3) is 0 Å². The molecule has 2 N–H and O–H groups in total. The zero-order chi connectivity index (χ0) is 15.2. The van der Waals surface area contributed by atoms with Crippen LogP contribution in [0.3, 0.4) is 0 Å². The molecule has 2 atom stereocenters. The van der Waals surface area contributed by atoms with E-state index in [4.69, 9.17) is 0 Å². The van der Waals surface area contributed by atoms with Crippen molar-refractivity contribution in [1.29, 1.82) is 0 Å². The summed E-state index contributed by atoms with van der Waals surface area (Å²) < 4.78 is 0. The number of anilines is 1. The molecule has 0 aliphatic carbocycles. The van der Waals surface area contributed by atoms with Crippen LogP contribution < -0.4 is 15.5 Å². The highest BCUT2D eigenvalue weighted by Crippen LogP contribution is 2.25. The van der Waals surface area contributed by atoms with Crippen molar-refractivity contribution in [1.82, 2.24) is 15.6 Å². The third-order valence-corrected chi connectivity index (χ3v) is 4.26. The number of pyridine rings is 1. The number of carbonyl (C=O) groups is 1. The average Bonchev–Trinajstić information content (AvgIpc) is 2.54. The molecule has 1 aromatic rings. The standard InChI is InChI=1S/C16H26N4O/c1-4-18-12(2)13-6-5-9-20(11-13)14-7-8-19-15(10-14)16(21)17-3/h7-8,10,12-13,18H,4-6,9,11H2,1-3H3,(H,17,21). The molecule has 1 fully saturated rings. The van der Waals surface area contributed by atoms with Crippen molar-refractivity contribution in [2.45, 2.75) is 32.7 Å². The molecule has 5 heteroatoms. The molecule has 116 valence electrons. The summed E-state index contributed by atoms with van der Waals surface area (Å²) in [5, 5.41) is 6.15. The van der Waals surface area contributed by atoms with E-state index < -0.39 is 0 Å². The first-order valence-corrected chi connectivity index (χ1v) is 7.82. The van der Waals surface area contributed by atoms with Gasteiger partial charge in [0.1, 0.15) is 5.69 Å². The van der Waals surface area contributed by atoms with Crippen LogP contribution in [0.5, 0.6) is 0 Å². The molecule has 1 aromatic heterocycles. The molecule has 2 rings (SSSR count). The van der Waals surface area contributed by atoms with Crippen LogP contribution in [0.4, 0.5) is 5.69 Å². The minimum absolute atomic E-state index is 0.133. The zero-order valence-electron chi connectivity index (χ0n) is 13.2. The SMILES string of the molecule is CCNC(C)C1CCCN(c2ccnc(C(=O)NC)c2)C1. The van der Waals surface area contributed by atoms with E-state index in [0.717, 1.165) is 25.3 Å². The number of nitrogens with zero attached hydrogens (tertiary/aromatic N) is 2. The van der Waals surface area contributed by atoms with E-state index in [9.17, 15) is 4.79 Å². The van der Waals surface area contributed by atoms with Gasteiger partial charge in [-0.15, -0.1) is 0 Å². The predicted octanol–water partition coefficient (Wildman–Crippen LogP) is 1.66. The number of nitrogens with one attached hydrogen (secondary N) is 2. The maximum atomic E-state index is 11.7. The van der Waals surface area contributed by atoms with E-state index in [1.807, 2.05) is 12.1 Å². The molecule has 0 bridgehead atoms. The lowest BCUT2D eigenvalue weighted by Gasteiger charge is -2.37. The molecule has 0 spiro atoms. The molecular weight excluding hydrogens is 264 g/mol. The normalized spacial score (nSPS) is 20.1. The van der Waals surface area contributed by atoms with E-state index in [2.05, 4.69) is 34.4 Å². The fourth-order valence-corrected chi connectivity index (χ4v) is 3.01. The molecule has 5 nitrogen and oxygen atoms in total. The Morgan fingerprint density at radius 2 is 2.38 bits per heavy atom. The van der Waals surface area contributed by atoms with Gasteiger partial charge in [-0.1, -0.05) is 6.92 Å². The van der Waals surface area contributed by atoms with Crippen molar-refractivity contribution in [3.8, 4) is 0 Å². The van der Waals surface area contributed by atoms with Crippen molar-refractivity contribution < 1.29 is 4.79 Å². The second kappa shape index (κ2) is 7.41. The summed E-state index contributed by atoms with van der Waals surface area (Å²) in [5.74, 6) is 0.516. The highest BCUT2D eigenvalue weighted by molar-refractivity contribution is 5.92. The average molecular weight is 290 g/mol. The van der Waals surface area contributed by atoms with Crippen molar-refractivity contribution in [3.63, 3.8) is 0 Å². The Morgan fingerprint density at radius 3 is 3.10 bits per heavy atom. The zero-order valence-corrected chi connectivity index (χ0v) is 13.2. The van der Waals surface area contributed by atoms with Crippen LogP contribution in [-0.2, 0) is 0 Å². The van der Waals surface area contributed by atoms with Crippen LogP contribution in [0.15, 0.2) is 18.3 Å². The van der Waals surface area contributed by atoms with E-state index in [-0.39, 0.29) is 5.91 Å². The Morgan fingerprint density at radius 1 is 1.57 bits per heavy atom. The minimum atomic E-state index is -0.133. The minimum Gasteiger partial charge on any atom is -0.371 e. The van der Waals surface area contributed by atoms with Gasteiger partial charge in [0.05, 0.1) is 0 Å². The number of hydrogen-bond acceptors (Lipinski definition) is 4. The lowest BCUT2D eigenvalue weighted by atomic mass is 9.91. The van der Waals surface area contributed by atoms with Crippen molar-refractivity contribution >= 4 is 11.6 Å². The van der Waals surface area contributed by atoms with E-state index in [0.29, 0.717) is 17.7 Å². The van der Waals surface area contributed by atoms with Gasteiger partial charge in [-0.05, 0) is 44.4 Å². The quantitative estimate of drug-likeness (QED) is 0.866. The largest absolute Gasteiger partial charge is 0.371 e. The predicted molar refractivity (Wildman–Crippen MR) is 85.7 cm³/mol. The molecule has 0 saturated carbocycles. The number of carbonyl (C=O) groups excluding carboxylic acids is 1. The van der Waals surface area contributed by atoms with Crippen LogP contribution in [-0.4, -0.2) is 43.6 Å². The number of hydrogen-bond donors (Lipinski definition) is 2. The Kier molecular flexibility index (Phi) is 5.56. The van der Waals surface area contributed by atoms with E-state index in [1.165, 1.54) is 12.8 Å². The second-order valence-corrected chi connectivity index (χ2v) is 5.67. The Balaban J connectivity index is 2.09. The van der Waals surface area contributed by atoms with Gasteiger partial charge in [0.25, 0.3) is 5.91 Å². The highest BCUT2D eigenvalue weighted by atomic mass is 16.1. The topological polar surface area (TPSA) is 57.3 Å². The summed E-state index contributed by atoms with van der Waals surface area (Å²) in [6, 6.07) is 4.41. The molecule has 1 aliphatic heterocycles. The summed E-state index contributed by atoms with van der Waals surface area (Å²) in [6.45, 7) is 7.50. The molecule has 1 amide bonds. The lowest BCUT2D eigenvalue weighted by molar-refractivity contribution is 0.0958. The first-order valence-electron chi connectivity index (χ1n) is 7.82. The van der Waals surface area contributed by atoms with Crippen molar-refractivity contribution in [2.75, 3.05) is 31.6 Å². The molecule has 2 heterocycles. The van der Waals surface area contributed by atoms with Crippen LogP contribution in [0.2, 0.25) is 0 Å². The summed E-state index contributed by atoms with van der Waals surface area (Å²) in [5.41, 5.74) is 1.58. The summed E-state index contributed by atoms with van der Waals surface area (Å²) >= 11 is 0. The number of aromatic nitrogens is 1. The second-order valence-electron chi connectivity index (χ2n) is 5.67. The number of amides is 1. The Bertz CT molecular complexity index is 477. The summed E-state index contributed by atoms with van der Waals surface area (Å²) in [6.07, 6.45) is 4.17. The van der Waals surface area contributed by atoms with E-state index in [1.54, 1.807) is 13.2 Å². The van der Waals surface area contributed by atoms with Gasteiger partial charge in [-0.3, -0.25) is 9.78 Å². The Labute approximate surface area is 127 Å². The molecule has 0 aromatic carbocycles. The monoisotopic (exact) mass is 290 g/mol. The molecule has 21 heavy (non-hydrogen) atoms. The first-order chi connectivity index (χ1) is 10.2. The molecule has 0 radical (unpaired) electrons. The molecule has 2 unspecified atom stereocenters. The molecule has 1 saturated heterocycles. The van der Waals surface area contributed by atoms with Gasteiger partial charge in [-0.25, -0.2) is 0 Å². The summed E-state index contributed by atoms with van der Waals surface area (Å²) in [7, 11) is 1.63. The third-order valence-electron chi connectivity index (χ3n) is 4.26. The van der Waals surface area contributed by atoms with Gasteiger partial charge in [0.15, 0.2) is 0 Å². The fourth-order valence-electron chi connectivity index (χ4n) is 3.01. The van der Waals surface area contributed by atoms with Crippen LogP contribution in [0, 0.1) is 5.92 Å². The van der Waals surface area contributed by atoms with Gasteiger partial charge in [-0.2, -0.15) is 0 Å². The third kappa shape index (κ3) is 3.94. The van der Waals surface area contributed by atoms with Gasteiger partial charge < -0.3 is 15.5 Å². The van der Waals surface area contributed by atoms with Gasteiger partial charge in [0, 0.05) is 38.1 Å². The van der Waals surface area contributed by atoms with E-state index >= 15 is 0 Å². The molecule has 1 aliphatic rings. The molecular formula is C16H26N4O. The van der Waals surface area contributed by atoms with Crippen LogP contribution >= 0.6 is 0 Å². The maximum absolute atomic E-state index is 11.7.